The van der Waals surface area contributed by atoms with Crippen molar-refractivity contribution in [1.82, 2.24) is 4.90 Å². The molecule has 0 aliphatic heterocycles. The summed E-state index contributed by atoms with van der Waals surface area (Å²) in [6, 6.07) is 7.52. The lowest BCUT2D eigenvalue weighted by Crippen LogP contribution is -2.46. The van der Waals surface area contributed by atoms with Gasteiger partial charge in [-0.05, 0) is 30.7 Å². The maximum Gasteiger partial charge on any atom is 0.247 e. The third kappa shape index (κ3) is 6.65. The van der Waals surface area contributed by atoms with Crippen LogP contribution >= 0.6 is 0 Å². The van der Waals surface area contributed by atoms with Gasteiger partial charge in [-0.15, -0.1) is 0 Å². The number of hydrogen-bond donors (Lipinski definition) is 1. The summed E-state index contributed by atoms with van der Waals surface area (Å²) in [6.07, 6.45) is 1.24. The first-order valence-electron chi connectivity index (χ1n) is 7.87. The van der Waals surface area contributed by atoms with Crippen LogP contribution in [0.5, 0.6) is 0 Å². The predicted octanol–water partition coefficient (Wildman–Crippen LogP) is 2.26. The smallest absolute Gasteiger partial charge is 0.247 e. The van der Waals surface area contributed by atoms with Crippen molar-refractivity contribution in [2.75, 3.05) is 39.0 Å². The van der Waals surface area contributed by atoms with E-state index in [0.717, 1.165) is 35.4 Å². The van der Waals surface area contributed by atoms with Gasteiger partial charge in [0.15, 0.2) is 0 Å². The second-order valence-electron chi connectivity index (χ2n) is 6.31. The molecule has 0 saturated carbocycles. The minimum absolute atomic E-state index is 0.0742. The topological polar surface area (TPSA) is 49.4 Å². The number of carbonyl (C=O) groups is 2. The van der Waals surface area contributed by atoms with Crippen molar-refractivity contribution in [1.29, 1.82) is 0 Å². The molecule has 0 aliphatic carbocycles. The first-order chi connectivity index (χ1) is 10.8. The van der Waals surface area contributed by atoms with Crippen molar-refractivity contribution in [3.63, 3.8) is 0 Å². The van der Waals surface area contributed by atoms with E-state index < -0.39 is 0 Å². The fourth-order valence-electron chi connectivity index (χ4n) is 2.00. The molecular formula is C18H28N3O2+. The van der Waals surface area contributed by atoms with E-state index in [4.69, 9.17) is 0 Å². The molecule has 0 atom stereocenters. The van der Waals surface area contributed by atoms with Gasteiger partial charge < -0.3 is 14.7 Å². The van der Waals surface area contributed by atoms with Crippen LogP contribution in [0.15, 0.2) is 36.9 Å². The Bertz CT molecular complexity index is 550. The molecule has 0 heterocycles. The van der Waals surface area contributed by atoms with E-state index in [1.165, 1.54) is 6.08 Å². The van der Waals surface area contributed by atoms with Crippen LogP contribution in [-0.2, 0) is 16.1 Å². The number of benzene rings is 1. The third-order valence-corrected chi connectivity index (χ3v) is 4.06. The molecule has 0 spiro atoms. The lowest BCUT2D eigenvalue weighted by Gasteiger charge is -2.31. The lowest BCUT2D eigenvalue weighted by atomic mass is 10.2. The van der Waals surface area contributed by atoms with Crippen molar-refractivity contribution in [2.24, 2.45) is 0 Å². The largest absolute Gasteiger partial charge is 0.333 e. The SMILES string of the molecule is C=CC(=O)Nc1ccc(CN(CC[N+](C)(C)CC)C(C)=O)cc1. The summed E-state index contributed by atoms with van der Waals surface area (Å²) < 4.78 is 0.885. The molecule has 1 aromatic carbocycles. The molecule has 5 heteroatoms. The average Bonchev–Trinajstić information content (AvgIpc) is 2.52. The van der Waals surface area contributed by atoms with Crippen molar-refractivity contribution < 1.29 is 14.1 Å². The molecule has 1 rings (SSSR count). The lowest BCUT2D eigenvalue weighted by molar-refractivity contribution is -0.887. The molecule has 0 saturated heterocycles. The van der Waals surface area contributed by atoms with Crippen LogP contribution in [0, 0.1) is 0 Å². The van der Waals surface area contributed by atoms with E-state index in [-0.39, 0.29) is 11.8 Å². The quantitative estimate of drug-likeness (QED) is 0.590. The number of likely N-dealkylation sites (N-methyl/N-ethyl adjacent to an activating group) is 1. The van der Waals surface area contributed by atoms with E-state index in [2.05, 4.69) is 32.9 Å². The average molecular weight is 318 g/mol. The van der Waals surface area contributed by atoms with Crippen LogP contribution in [0.1, 0.15) is 19.4 Å². The van der Waals surface area contributed by atoms with Gasteiger partial charge in [-0.3, -0.25) is 9.59 Å². The van der Waals surface area contributed by atoms with Crippen LogP contribution < -0.4 is 5.32 Å². The van der Waals surface area contributed by atoms with E-state index in [9.17, 15) is 9.59 Å². The van der Waals surface area contributed by atoms with E-state index in [1.807, 2.05) is 29.2 Å². The van der Waals surface area contributed by atoms with Crippen LogP contribution in [0.3, 0.4) is 0 Å². The summed E-state index contributed by atoms with van der Waals surface area (Å²) in [5.41, 5.74) is 1.76. The van der Waals surface area contributed by atoms with E-state index in [1.54, 1.807) is 6.92 Å². The van der Waals surface area contributed by atoms with Crippen LogP contribution in [0.2, 0.25) is 0 Å². The zero-order valence-corrected chi connectivity index (χ0v) is 14.6. The Kier molecular flexibility index (Phi) is 6.97. The zero-order chi connectivity index (χ0) is 17.5. The second-order valence-corrected chi connectivity index (χ2v) is 6.31. The van der Waals surface area contributed by atoms with Gasteiger partial charge in [0.05, 0.1) is 33.7 Å². The molecule has 1 N–H and O–H groups in total. The molecular weight excluding hydrogens is 290 g/mol. The van der Waals surface area contributed by atoms with Crippen molar-refractivity contribution >= 4 is 17.5 Å². The van der Waals surface area contributed by atoms with Gasteiger partial charge in [0, 0.05) is 19.2 Å². The van der Waals surface area contributed by atoms with E-state index >= 15 is 0 Å². The molecule has 0 radical (unpaired) electrons. The Hall–Kier alpha value is -2.14. The number of nitrogens with one attached hydrogen (secondary N) is 1. The molecule has 0 fully saturated rings. The molecule has 1 aromatic rings. The molecule has 5 nitrogen and oxygen atoms in total. The zero-order valence-electron chi connectivity index (χ0n) is 14.6. The summed E-state index contributed by atoms with van der Waals surface area (Å²) in [6.45, 7) is 10.4. The minimum Gasteiger partial charge on any atom is -0.333 e. The highest BCUT2D eigenvalue weighted by molar-refractivity contribution is 5.98. The van der Waals surface area contributed by atoms with Crippen molar-refractivity contribution in [2.45, 2.75) is 20.4 Å². The number of anilines is 1. The van der Waals surface area contributed by atoms with Gasteiger partial charge in [0.25, 0.3) is 0 Å². The fourth-order valence-corrected chi connectivity index (χ4v) is 2.00. The standard InChI is InChI=1S/C18H27N3O2/c1-6-18(23)19-17-10-8-16(9-11-17)14-20(15(3)22)12-13-21(4,5)7-2/h6,8-11H,1,7,12-14H2,2-5H3/p+1. The van der Waals surface area contributed by atoms with Gasteiger partial charge in [-0.2, -0.15) is 0 Å². The van der Waals surface area contributed by atoms with E-state index in [0.29, 0.717) is 6.54 Å². The summed E-state index contributed by atoms with van der Waals surface area (Å²) >= 11 is 0. The molecule has 0 unspecified atom stereocenters. The van der Waals surface area contributed by atoms with Gasteiger partial charge in [-0.25, -0.2) is 0 Å². The van der Waals surface area contributed by atoms with Crippen LogP contribution in [0.4, 0.5) is 5.69 Å². The second kappa shape index (κ2) is 8.48. The highest BCUT2D eigenvalue weighted by Crippen LogP contribution is 2.12. The maximum atomic E-state index is 11.9. The summed E-state index contributed by atoms with van der Waals surface area (Å²) in [7, 11) is 4.32. The Morgan fingerprint density at radius 1 is 1.26 bits per heavy atom. The van der Waals surface area contributed by atoms with Crippen LogP contribution in [0.25, 0.3) is 0 Å². The predicted molar refractivity (Wildman–Crippen MR) is 93.9 cm³/mol. The molecule has 126 valence electrons. The molecule has 2 amide bonds. The number of hydrogen-bond acceptors (Lipinski definition) is 2. The normalized spacial score (nSPS) is 11.0. The number of quaternary nitrogens is 1. The van der Waals surface area contributed by atoms with Crippen molar-refractivity contribution in [3.8, 4) is 0 Å². The molecule has 0 bridgehead atoms. The minimum atomic E-state index is -0.234. The van der Waals surface area contributed by atoms with Crippen molar-refractivity contribution in [3.05, 3.63) is 42.5 Å². The molecule has 0 aliphatic rings. The molecule has 0 aromatic heterocycles. The third-order valence-electron chi connectivity index (χ3n) is 4.06. The van der Waals surface area contributed by atoms with Gasteiger partial charge in [-0.1, -0.05) is 18.7 Å². The first-order valence-corrected chi connectivity index (χ1v) is 7.87. The van der Waals surface area contributed by atoms with Crippen LogP contribution in [-0.4, -0.2) is 54.9 Å². The fraction of sp³-hybridized carbons (Fsp3) is 0.444. The van der Waals surface area contributed by atoms with Gasteiger partial charge >= 0.3 is 0 Å². The number of amides is 2. The van der Waals surface area contributed by atoms with Gasteiger partial charge in [0.1, 0.15) is 0 Å². The monoisotopic (exact) mass is 318 g/mol. The number of carbonyl (C=O) groups excluding carboxylic acids is 2. The number of nitrogens with zero attached hydrogens (tertiary/aromatic N) is 2. The summed E-state index contributed by atoms with van der Waals surface area (Å²) in [4.78, 5) is 25.0. The van der Waals surface area contributed by atoms with Gasteiger partial charge in [0.2, 0.25) is 11.8 Å². The summed E-state index contributed by atoms with van der Waals surface area (Å²) in [5, 5.41) is 2.71. The Morgan fingerprint density at radius 2 is 1.87 bits per heavy atom. The highest BCUT2D eigenvalue weighted by atomic mass is 16.2. The number of rotatable bonds is 8. The molecule has 23 heavy (non-hydrogen) atoms. The highest BCUT2D eigenvalue weighted by Gasteiger charge is 2.16. The Balaban J connectivity index is 2.68. The maximum absolute atomic E-state index is 11.9. The first kappa shape index (κ1) is 18.9. The Labute approximate surface area is 139 Å². The summed E-state index contributed by atoms with van der Waals surface area (Å²) in [5.74, 6) is -0.159. The Morgan fingerprint density at radius 3 is 2.35 bits per heavy atom.